The number of methoxy groups -OCH3 is 1. The number of aliphatic hydroxyl groups is 2. The number of pyridine rings is 1. The van der Waals surface area contributed by atoms with E-state index in [1.54, 1.807) is 42.5 Å². The van der Waals surface area contributed by atoms with E-state index in [9.17, 15) is 23.4 Å². The molecule has 45 heavy (non-hydrogen) atoms. The van der Waals surface area contributed by atoms with Crippen LogP contribution >= 0.6 is 0 Å². The van der Waals surface area contributed by atoms with Crippen LogP contribution in [0.15, 0.2) is 78.0 Å². The summed E-state index contributed by atoms with van der Waals surface area (Å²) in [5.41, 5.74) is 1.01. The third-order valence-corrected chi connectivity index (χ3v) is 7.41. The molecule has 1 atom stereocenters. The van der Waals surface area contributed by atoms with Gasteiger partial charge in [0.15, 0.2) is 5.82 Å². The normalized spacial score (nSPS) is 12.1. The van der Waals surface area contributed by atoms with E-state index in [-0.39, 0.29) is 21.8 Å². The topological polar surface area (TPSA) is 191 Å². The van der Waals surface area contributed by atoms with Crippen LogP contribution in [0.3, 0.4) is 0 Å². The predicted octanol–water partition coefficient (Wildman–Crippen LogP) is 4.11. The van der Waals surface area contributed by atoms with Gasteiger partial charge in [-0.3, -0.25) is 15.0 Å². The Bertz CT molecular complexity index is 1710. The largest absolute Gasteiger partial charge is 0.497 e. The zero-order chi connectivity index (χ0) is 32.6. The van der Waals surface area contributed by atoms with Crippen molar-refractivity contribution in [3.8, 4) is 29.1 Å². The first kappa shape index (κ1) is 32.9. The standard InChI is InChI=1S/C30H33N5O9S/c1-30(2,3)19-10-12-24(13-11-19)45(39,40)35-26-25(43-23-9-5-8-22(15-23)41-4)27(42-18-21(37)17-36)34-28(33-26)44-29(38)32-20-7-6-14-31-16-20/h5-16,21,36-37H,17-18H2,1-4H3,(H,32,38)(H,33,34,35). The fourth-order valence-corrected chi connectivity index (χ4v) is 4.71. The summed E-state index contributed by atoms with van der Waals surface area (Å²) >= 11 is 0. The molecule has 0 spiro atoms. The van der Waals surface area contributed by atoms with Crippen LogP contribution in [-0.4, -0.2) is 66.1 Å². The number of hydrogen-bond donors (Lipinski definition) is 4. The zero-order valence-corrected chi connectivity index (χ0v) is 25.7. The minimum Gasteiger partial charge on any atom is -0.497 e. The van der Waals surface area contributed by atoms with Gasteiger partial charge in [0, 0.05) is 12.3 Å². The van der Waals surface area contributed by atoms with E-state index < -0.39 is 53.1 Å². The van der Waals surface area contributed by atoms with Gasteiger partial charge in [-0.15, -0.1) is 0 Å². The number of carbonyl (C=O) groups excluding carboxylic acids is 1. The van der Waals surface area contributed by atoms with Crippen LogP contribution in [-0.2, 0) is 15.4 Å². The van der Waals surface area contributed by atoms with Crippen molar-refractivity contribution in [2.45, 2.75) is 37.2 Å². The Labute approximate surface area is 260 Å². The number of nitrogens with zero attached hydrogens (tertiary/aromatic N) is 3. The van der Waals surface area contributed by atoms with Gasteiger partial charge < -0.3 is 29.2 Å². The number of benzene rings is 2. The van der Waals surface area contributed by atoms with Gasteiger partial charge in [-0.05, 0) is 47.4 Å². The van der Waals surface area contributed by atoms with Crippen LogP contribution in [0.25, 0.3) is 0 Å². The lowest BCUT2D eigenvalue weighted by molar-refractivity contribution is 0.0511. The lowest BCUT2D eigenvalue weighted by Gasteiger charge is -2.20. The second-order valence-electron chi connectivity index (χ2n) is 10.6. The molecule has 0 saturated heterocycles. The van der Waals surface area contributed by atoms with Crippen molar-refractivity contribution >= 4 is 27.6 Å². The first-order valence-electron chi connectivity index (χ1n) is 13.6. The summed E-state index contributed by atoms with van der Waals surface area (Å²) in [6.07, 6.45) is 0.546. The molecule has 15 heteroatoms. The predicted molar refractivity (Wildman–Crippen MR) is 164 cm³/mol. The van der Waals surface area contributed by atoms with Gasteiger partial charge in [-0.1, -0.05) is 39.0 Å². The van der Waals surface area contributed by atoms with E-state index in [4.69, 9.17) is 18.9 Å². The Hall–Kier alpha value is -4.99. The van der Waals surface area contributed by atoms with Gasteiger partial charge in [-0.2, -0.15) is 9.97 Å². The highest BCUT2D eigenvalue weighted by atomic mass is 32.2. The fraction of sp³-hybridized carbons (Fsp3) is 0.267. The van der Waals surface area contributed by atoms with Gasteiger partial charge in [-0.25, -0.2) is 13.2 Å². The molecule has 1 unspecified atom stereocenters. The summed E-state index contributed by atoms with van der Waals surface area (Å²) in [5.74, 6) is -0.581. The number of rotatable bonds is 12. The van der Waals surface area contributed by atoms with Gasteiger partial charge >= 0.3 is 12.1 Å². The quantitative estimate of drug-likeness (QED) is 0.174. The van der Waals surface area contributed by atoms with Gasteiger partial charge in [0.2, 0.25) is 5.75 Å². The number of aromatic nitrogens is 3. The SMILES string of the molecule is COc1cccc(Oc2c(NS(=O)(=O)c3ccc(C(C)(C)C)cc3)nc(OC(=O)Nc3cccnc3)nc2OCC(O)CO)c1. The Morgan fingerprint density at radius 3 is 2.40 bits per heavy atom. The number of nitrogens with one attached hydrogen (secondary N) is 2. The molecule has 0 saturated carbocycles. The van der Waals surface area contributed by atoms with Crippen molar-refractivity contribution in [1.82, 2.24) is 15.0 Å². The second-order valence-corrected chi connectivity index (χ2v) is 12.2. The second kappa shape index (κ2) is 14.2. The highest BCUT2D eigenvalue weighted by Gasteiger charge is 2.27. The molecule has 0 bridgehead atoms. The monoisotopic (exact) mass is 639 g/mol. The number of sulfonamides is 1. The number of anilines is 2. The number of hydrogen-bond acceptors (Lipinski definition) is 12. The molecule has 2 heterocycles. The molecule has 14 nitrogen and oxygen atoms in total. The molecule has 2 aromatic carbocycles. The van der Waals surface area contributed by atoms with Crippen LogP contribution in [0.4, 0.5) is 16.3 Å². The molecule has 4 N–H and O–H groups in total. The summed E-state index contributed by atoms with van der Waals surface area (Å²) in [6.45, 7) is 4.87. The minimum absolute atomic E-state index is 0.0867. The van der Waals surface area contributed by atoms with Gasteiger partial charge in [0.25, 0.3) is 15.9 Å². The number of amides is 1. The maximum atomic E-state index is 13.6. The van der Waals surface area contributed by atoms with Crippen LogP contribution in [0.2, 0.25) is 0 Å². The molecule has 0 aliphatic carbocycles. The average molecular weight is 640 g/mol. The van der Waals surface area contributed by atoms with Crippen molar-refractivity contribution in [3.05, 3.63) is 78.6 Å². The smallest absolute Gasteiger partial charge is 0.419 e. The number of carbonyl (C=O) groups is 1. The third-order valence-electron chi connectivity index (χ3n) is 6.05. The van der Waals surface area contributed by atoms with Gasteiger partial charge in [0.05, 0.1) is 30.5 Å². The lowest BCUT2D eigenvalue weighted by atomic mass is 9.87. The molecule has 0 fully saturated rings. The molecule has 238 valence electrons. The summed E-state index contributed by atoms with van der Waals surface area (Å²) in [4.78, 5) is 24.7. The van der Waals surface area contributed by atoms with Crippen molar-refractivity contribution in [3.63, 3.8) is 0 Å². The Kier molecular flexibility index (Phi) is 10.4. The van der Waals surface area contributed by atoms with E-state index in [1.807, 2.05) is 20.8 Å². The fourth-order valence-electron chi connectivity index (χ4n) is 3.71. The summed E-state index contributed by atoms with van der Waals surface area (Å²) in [7, 11) is -2.85. The molecule has 0 aliphatic rings. The van der Waals surface area contributed by atoms with E-state index in [2.05, 4.69) is 25.0 Å². The molecule has 0 aliphatic heterocycles. The molecule has 1 amide bonds. The van der Waals surface area contributed by atoms with Crippen molar-refractivity contribution in [2.75, 3.05) is 30.4 Å². The first-order valence-corrected chi connectivity index (χ1v) is 15.0. The first-order chi connectivity index (χ1) is 21.4. The Morgan fingerprint density at radius 2 is 1.76 bits per heavy atom. The lowest BCUT2D eigenvalue weighted by Crippen LogP contribution is -2.23. The van der Waals surface area contributed by atoms with Crippen LogP contribution < -0.4 is 29.0 Å². The average Bonchev–Trinajstić information content (AvgIpc) is 3.01. The molecule has 0 radical (unpaired) electrons. The van der Waals surface area contributed by atoms with Gasteiger partial charge in [0.1, 0.15) is 24.2 Å². The highest BCUT2D eigenvalue weighted by Crippen LogP contribution is 2.40. The molecular weight excluding hydrogens is 606 g/mol. The maximum absolute atomic E-state index is 13.6. The van der Waals surface area contributed by atoms with E-state index in [0.717, 1.165) is 5.56 Å². The van der Waals surface area contributed by atoms with Crippen molar-refractivity contribution < 1.29 is 42.4 Å². The van der Waals surface area contributed by atoms with E-state index in [1.165, 1.54) is 37.7 Å². The van der Waals surface area contributed by atoms with Crippen LogP contribution in [0.5, 0.6) is 29.1 Å². The molecule has 4 rings (SSSR count). The maximum Gasteiger partial charge on any atom is 0.419 e. The minimum atomic E-state index is -4.30. The van der Waals surface area contributed by atoms with Crippen molar-refractivity contribution in [1.29, 1.82) is 0 Å². The zero-order valence-electron chi connectivity index (χ0n) is 24.9. The summed E-state index contributed by atoms with van der Waals surface area (Å²) < 4.78 is 51.6. The van der Waals surface area contributed by atoms with Crippen LogP contribution in [0, 0.1) is 0 Å². The highest BCUT2D eigenvalue weighted by molar-refractivity contribution is 7.92. The van der Waals surface area contributed by atoms with Crippen LogP contribution in [0.1, 0.15) is 26.3 Å². The van der Waals surface area contributed by atoms with E-state index >= 15 is 0 Å². The number of ether oxygens (including phenoxy) is 4. The molecule has 4 aromatic rings. The molecule has 2 aromatic heterocycles. The Morgan fingerprint density at radius 1 is 1.02 bits per heavy atom. The third kappa shape index (κ3) is 9.01. The van der Waals surface area contributed by atoms with Crippen molar-refractivity contribution in [2.24, 2.45) is 0 Å². The Balaban J connectivity index is 1.78. The summed E-state index contributed by atoms with van der Waals surface area (Å²) in [6, 6.07) is 15.2. The van der Waals surface area contributed by atoms with E-state index in [0.29, 0.717) is 11.4 Å². The molecular formula is C30H33N5O9S. The summed E-state index contributed by atoms with van der Waals surface area (Å²) in [5, 5.41) is 21.7. The number of aliphatic hydroxyl groups excluding tert-OH is 2.